The summed E-state index contributed by atoms with van der Waals surface area (Å²) in [5.41, 5.74) is 2.28. The number of carbonyl (C=O) groups is 1. The molecule has 1 N–H and O–H groups in total. The van der Waals surface area contributed by atoms with Crippen LogP contribution >= 0.6 is 11.6 Å². The summed E-state index contributed by atoms with van der Waals surface area (Å²) in [5, 5.41) is 3.40. The minimum absolute atomic E-state index is 0.160. The van der Waals surface area contributed by atoms with Crippen molar-refractivity contribution in [2.24, 2.45) is 5.92 Å². The smallest absolute Gasteiger partial charge is 0.262 e. The van der Waals surface area contributed by atoms with E-state index >= 15 is 0 Å². The molecule has 1 saturated heterocycles. The van der Waals surface area contributed by atoms with Gasteiger partial charge in [0.25, 0.3) is 5.91 Å². The van der Waals surface area contributed by atoms with E-state index in [1.807, 2.05) is 13.8 Å². The molecule has 0 bridgehead atoms. The van der Waals surface area contributed by atoms with Gasteiger partial charge in [-0.1, -0.05) is 18.5 Å². The predicted molar refractivity (Wildman–Crippen MR) is 119 cm³/mol. The van der Waals surface area contributed by atoms with E-state index < -0.39 is 10.0 Å². The van der Waals surface area contributed by atoms with Gasteiger partial charge in [-0.2, -0.15) is 4.31 Å². The van der Waals surface area contributed by atoms with Crippen molar-refractivity contribution in [2.45, 2.75) is 38.5 Å². The second-order valence-corrected chi connectivity index (χ2v) is 10.1. The lowest BCUT2D eigenvalue weighted by molar-refractivity contribution is -0.118. The second kappa shape index (κ2) is 9.37. The van der Waals surface area contributed by atoms with Crippen LogP contribution in [-0.2, 0) is 14.8 Å². The van der Waals surface area contributed by atoms with Crippen molar-refractivity contribution < 1.29 is 17.9 Å². The molecule has 0 atom stereocenters. The third-order valence-corrected chi connectivity index (χ3v) is 7.81. The van der Waals surface area contributed by atoms with Gasteiger partial charge in [-0.15, -0.1) is 0 Å². The Balaban J connectivity index is 1.58. The number of rotatable bonds is 6. The first kappa shape index (κ1) is 22.6. The van der Waals surface area contributed by atoms with Gasteiger partial charge >= 0.3 is 0 Å². The summed E-state index contributed by atoms with van der Waals surface area (Å²) in [5.74, 6) is 0.791. The molecular formula is C22H27ClN2O4S. The number of halogens is 1. The monoisotopic (exact) mass is 450 g/mol. The van der Waals surface area contributed by atoms with Crippen molar-refractivity contribution in [3.8, 4) is 5.75 Å². The number of hydrogen-bond donors (Lipinski definition) is 1. The van der Waals surface area contributed by atoms with Crippen molar-refractivity contribution in [2.75, 3.05) is 25.0 Å². The number of nitrogens with one attached hydrogen (secondary N) is 1. The van der Waals surface area contributed by atoms with E-state index in [4.69, 9.17) is 16.3 Å². The topological polar surface area (TPSA) is 75.7 Å². The van der Waals surface area contributed by atoms with Crippen LogP contribution in [0, 0.1) is 19.8 Å². The zero-order valence-corrected chi connectivity index (χ0v) is 19.0. The number of benzene rings is 2. The summed E-state index contributed by atoms with van der Waals surface area (Å²) >= 11 is 6.14. The van der Waals surface area contributed by atoms with Crippen LogP contribution in [0.2, 0.25) is 5.02 Å². The standard InChI is InChI=1S/C22H27ClN2O4S/c1-15-8-10-25(11-9-15)30(27,28)20-6-4-18(5-7-20)24-21(26)14-29-19-12-16(2)22(23)17(3)13-19/h4-7,12-13,15H,8-11,14H2,1-3H3,(H,24,26). The van der Waals surface area contributed by atoms with Crippen LogP contribution in [0.4, 0.5) is 5.69 Å². The Bertz CT molecular complexity index is 991. The zero-order valence-electron chi connectivity index (χ0n) is 17.4. The lowest BCUT2D eigenvalue weighted by Crippen LogP contribution is -2.37. The first-order valence-electron chi connectivity index (χ1n) is 9.96. The van der Waals surface area contributed by atoms with Gasteiger partial charge in [0, 0.05) is 23.8 Å². The average Bonchev–Trinajstić information content (AvgIpc) is 2.71. The molecule has 0 spiro atoms. The Hall–Kier alpha value is -2.09. The van der Waals surface area contributed by atoms with Crippen LogP contribution in [0.1, 0.15) is 30.9 Å². The molecule has 0 saturated carbocycles. The minimum Gasteiger partial charge on any atom is -0.484 e. The molecule has 2 aromatic rings. The molecule has 0 aliphatic carbocycles. The highest BCUT2D eigenvalue weighted by Crippen LogP contribution is 2.26. The average molecular weight is 451 g/mol. The van der Waals surface area contributed by atoms with E-state index in [1.165, 1.54) is 16.4 Å². The van der Waals surface area contributed by atoms with Crippen molar-refractivity contribution in [1.29, 1.82) is 0 Å². The first-order valence-corrected chi connectivity index (χ1v) is 11.8. The Morgan fingerprint density at radius 2 is 1.70 bits per heavy atom. The maximum atomic E-state index is 12.8. The maximum absolute atomic E-state index is 12.8. The predicted octanol–water partition coefficient (Wildman–Crippen LogP) is 4.39. The van der Waals surface area contributed by atoms with E-state index in [-0.39, 0.29) is 17.4 Å². The lowest BCUT2D eigenvalue weighted by Gasteiger charge is -2.29. The molecule has 0 radical (unpaired) electrons. The summed E-state index contributed by atoms with van der Waals surface area (Å²) in [4.78, 5) is 12.4. The molecule has 30 heavy (non-hydrogen) atoms. The van der Waals surface area contributed by atoms with E-state index in [0.29, 0.717) is 35.5 Å². The Morgan fingerprint density at radius 3 is 2.27 bits per heavy atom. The Morgan fingerprint density at radius 1 is 1.13 bits per heavy atom. The number of hydrogen-bond acceptors (Lipinski definition) is 4. The van der Waals surface area contributed by atoms with E-state index in [9.17, 15) is 13.2 Å². The van der Waals surface area contributed by atoms with Gasteiger partial charge in [-0.25, -0.2) is 8.42 Å². The Kier molecular flexibility index (Phi) is 7.06. The molecule has 1 aliphatic rings. The third kappa shape index (κ3) is 5.33. The Labute approximate surface area is 183 Å². The van der Waals surface area contributed by atoms with Crippen LogP contribution in [0.15, 0.2) is 41.3 Å². The van der Waals surface area contributed by atoms with E-state index in [2.05, 4.69) is 12.2 Å². The van der Waals surface area contributed by atoms with Crippen molar-refractivity contribution in [3.63, 3.8) is 0 Å². The minimum atomic E-state index is -3.50. The SMILES string of the molecule is Cc1cc(OCC(=O)Nc2ccc(S(=O)(=O)N3CCC(C)CC3)cc2)cc(C)c1Cl. The molecule has 1 fully saturated rings. The number of sulfonamides is 1. The number of nitrogens with zero attached hydrogens (tertiary/aromatic N) is 1. The molecule has 2 aromatic carbocycles. The van der Waals surface area contributed by atoms with Crippen LogP contribution < -0.4 is 10.1 Å². The highest BCUT2D eigenvalue weighted by atomic mass is 35.5. The number of aryl methyl sites for hydroxylation is 2. The van der Waals surface area contributed by atoms with Crippen LogP contribution in [-0.4, -0.2) is 38.3 Å². The first-order chi connectivity index (χ1) is 14.2. The maximum Gasteiger partial charge on any atom is 0.262 e. The summed E-state index contributed by atoms with van der Waals surface area (Å²) in [6.45, 7) is 6.82. The molecule has 162 valence electrons. The third-order valence-electron chi connectivity index (χ3n) is 5.30. The molecule has 1 amide bonds. The van der Waals surface area contributed by atoms with Gasteiger partial charge in [0.05, 0.1) is 4.90 Å². The van der Waals surface area contributed by atoms with E-state index in [1.54, 1.807) is 24.3 Å². The quantitative estimate of drug-likeness (QED) is 0.707. The summed E-state index contributed by atoms with van der Waals surface area (Å²) in [6.07, 6.45) is 1.75. The van der Waals surface area contributed by atoms with Gasteiger partial charge in [-0.3, -0.25) is 4.79 Å². The second-order valence-electron chi connectivity index (χ2n) is 7.82. The molecule has 1 heterocycles. The summed E-state index contributed by atoms with van der Waals surface area (Å²) in [6, 6.07) is 9.79. The zero-order chi connectivity index (χ0) is 21.9. The largest absolute Gasteiger partial charge is 0.484 e. The molecule has 0 aromatic heterocycles. The van der Waals surface area contributed by atoms with Gasteiger partial charge in [-0.05, 0) is 80.1 Å². The molecule has 6 nitrogen and oxygen atoms in total. The normalized spacial score (nSPS) is 15.7. The fourth-order valence-corrected chi connectivity index (χ4v) is 5.00. The molecule has 3 rings (SSSR count). The number of anilines is 1. The van der Waals surface area contributed by atoms with Crippen LogP contribution in [0.5, 0.6) is 5.75 Å². The van der Waals surface area contributed by atoms with Crippen molar-refractivity contribution in [1.82, 2.24) is 4.31 Å². The number of amides is 1. The highest BCUT2D eigenvalue weighted by Gasteiger charge is 2.27. The molecule has 8 heteroatoms. The van der Waals surface area contributed by atoms with Gasteiger partial charge in [0.15, 0.2) is 6.61 Å². The number of ether oxygens (including phenoxy) is 1. The van der Waals surface area contributed by atoms with Crippen molar-refractivity contribution in [3.05, 3.63) is 52.5 Å². The van der Waals surface area contributed by atoms with Crippen LogP contribution in [0.25, 0.3) is 0 Å². The lowest BCUT2D eigenvalue weighted by atomic mass is 10.0. The molecule has 0 unspecified atom stereocenters. The van der Waals surface area contributed by atoms with E-state index in [0.717, 1.165) is 24.0 Å². The van der Waals surface area contributed by atoms with Gasteiger partial charge < -0.3 is 10.1 Å². The summed E-state index contributed by atoms with van der Waals surface area (Å²) < 4.78 is 32.6. The molecule has 1 aliphatic heterocycles. The van der Waals surface area contributed by atoms with Gasteiger partial charge in [0.2, 0.25) is 10.0 Å². The van der Waals surface area contributed by atoms with Gasteiger partial charge in [0.1, 0.15) is 5.75 Å². The molecular weight excluding hydrogens is 424 g/mol. The summed E-state index contributed by atoms with van der Waals surface area (Å²) in [7, 11) is -3.50. The fraction of sp³-hybridized carbons (Fsp3) is 0.409. The fourth-order valence-electron chi connectivity index (χ4n) is 3.42. The van der Waals surface area contributed by atoms with Crippen molar-refractivity contribution >= 4 is 33.2 Å². The number of piperidine rings is 1. The van der Waals surface area contributed by atoms with Crippen LogP contribution in [0.3, 0.4) is 0 Å². The number of carbonyl (C=O) groups excluding carboxylic acids is 1. The highest BCUT2D eigenvalue weighted by molar-refractivity contribution is 7.89.